The minimum atomic E-state index is -4.73. The van der Waals surface area contributed by atoms with E-state index in [1.807, 2.05) is 18.2 Å². The van der Waals surface area contributed by atoms with E-state index in [1.54, 1.807) is 26.2 Å². The predicted molar refractivity (Wildman–Crippen MR) is 137 cm³/mol. The second-order valence-corrected chi connectivity index (χ2v) is 9.21. The second kappa shape index (κ2) is 9.84. The Labute approximate surface area is 215 Å². The fraction of sp³-hybridized carbons (Fsp3) is 0.308. The maximum absolute atomic E-state index is 13.5. The van der Waals surface area contributed by atoms with Crippen LogP contribution in [0.3, 0.4) is 0 Å². The third-order valence-electron chi connectivity index (χ3n) is 6.51. The van der Waals surface area contributed by atoms with Crippen LogP contribution < -0.4 is 10.2 Å². The largest absolute Gasteiger partial charge is 0.416 e. The van der Waals surface area contributed by atoms with Crippen LogP contribution in [0.4, 0.5) is 30.5 Å². The summed E-state index contributed by atoms with van der Waals surface area (Å²) in [6.45, 7) is 5.07. The molecule has 0 unspecified atom stereocenters. The molecular formula is C26H24F3N7O2. The summed E-state index contributed by atoms with van der Waals surface area (Å²) < 4.78 is 40.4. The number of nitro groups is 1. The van der Waals surface area contributed by atoms with Crippen LogP contribution in [0.5, 0.6) is 0 Å². The maximum Gasteiger partial charge on any atom is 0.416 e. The number of rotatable bonds is 6. The zero-order chi connectivity index (χ0) is 27.0. The zero-order valence-corrected chi connectivity index (χ0v) is 20.7. The van der Waals surface area contributed by atoms with E-state index in [9.17, 15) is 23.3 Å². The number of nitrogens with zero attached hydrogens (tertiary/aromatic N) is 6. The number of nitrogens with one attached hydrogen (secondary N) is 1. The molecule has 9 nitrogen and oxygen atoms in total. The lowest BCUT2D eigenvalue weighted by Gasteiger charge is -2.22. The number of anilines is 2. The third-order valence-corrected chi connectivity index (χ3v) is 6.51. The normalized spacial score (nSPS) is 14.6. The number of pyridine rings is 2. The zero-order valence-electron chi connectivity index (χ0n) is 20.7. The topological polar surface area (TPSA) is 110 Å². The van der Waals surface area contributed by atoms with Crippen molar-refractivity contribution in [3.05, 3.63) is 75.9 Å². The number of hydrogen-bond acceptors (Lipinski definition) is 8. The number of alkyl halides is 3. The second-order valence-electron chi connectivity index (χ2n) is 9.21. The van der Waals surface area contributed by atoms with Gasteiger partial charge < -0.3 is 10.2 Å². The molecule has 0 bridgehead atoms. The van der Waals surface area contributed by atoms with Gasteiger partial charge in [-0.1, -0.05) is 0 Å². The monoisotopic (exact) mass is 523 g/mol. The Bertz CT molecular complexity index is 1510. The van der Waals surface area contributed by atoms with Crippen LogP contribution in [0.15, 0.2) is 48.8 Å². The number of nitro benzene ring substituents is 1. The molecule has 5 rings (SSSR count). The summed E-state index contributed by atoms with van der Waals surface area (Å²) >= 11 is 0. The van der Waals surface area contributed by atoms with E-state index >= 15 is 0 Å². The number of fused-ring (bicyclic) bond motifs is 1. The standard InChI is InChI=1S/C26H24F3N7O2/c1-15(18-11-19(26(27,28)29)13-20(12-18)36(37)38)31-23-22-14-21(17-5-7-30-8-6-17)25(35-9-3-4-10-35)34-24(22)33-16(2)32-23/h5-8,11-15H,3-4,9-10H2,1-2H3,(H,31,32,33,34)/t15-/m1/s1. The number of halogens is 3. The molecule has 1 saturated heterocycles. The van der Waals surface area contributed by atoms with E-state index in [0.29, 0.717) is 28.7 Å². The Hall–Kier alpha value is -4.35. The van der Waals surface area contributed by atoms with Crippen molar-refractivity contribution in [3.63, 3.8) is 0 Å². The molecule has 196 valence electrons. The van der Waals surface area contributed by atoms with Gasteiger partial charge in [0.15, 0.2) is 5.65 Å². The molecule has 4 aromatic rings. The van der Waals surface area contributed by atoms with E-state index in [2.05, 4.69) is 25.2 Å². The fourth-order valence-electron chi connectivity index (χ4n) is 4.62. The van der Waals surface area contributed by atoms with Crippen molar-refractivity contribution in [2.24, 2.45) is 0 Å². The van der Waals surface area contributed by atoms with E-state index in [1.165, 1.54) is 0 Å². The molecule has 0 radical (unpaired) electrons. The average Bonchev–Trinajstić information content (AvgIpc) is 3.42. The molecule has 12 heteroatoms. The lowest BCUT2D eigenvalue weighted by Crippen LogP contribution is -2.20. The molecule has 0 spiro atoms. The third kappa shape index (κ3) is 5.06. The summed E-state index contributed by atoms with van der Waals surface area (Å²) in [5.41, 5.74) is 0.595. The van der Waals surface area contributed by atoms with Crippen molar-refractivity contribution in [2.75, 3.05) is 23.3 Å². The van der Waals surface area contributed by atoms with Gasteiger partial charge >= 0.3 is 6.18 Å². The molecule has 0 amide bonds. The molecule has 1 N–H and O–H groups in total. The summed E-state index contributed by atoms with van der Waals surface area (Å²) in [6.07, 6.45) is 0.785. The van der Waals surface area contributed by atoms with Crippen molar-refractivity contribution in [3.8, 4) is 11.1 Å². The number of hydrogen-bond donors (Lipinski definition) is 1. The van der Waals surface area contributed by atoms with Gasteiger partial charge in [-0.3, -0.25) is 15.1 Å². The van der Waals surface area contributed by atoms with Crippen molar-refractivity contribution < 1.29 is 18.1 Å². The number of aryl methyl sites for hydroxylation is 1. The van der Waals surface area contributed by atoms with E-state index in [-0.39, 0.29) is 5.56 Å². The SMILES string of the molecule is Cc1nc(N[C@H](C)c2cc([N+](=O)[O-])cc(C(F)(F)F)c2)c2cc(-c3ccncc3)c(N3CCCC3)nc2n1. The molecule has 0 aliphatic carbocycles. The molecule has 1 fully saturated rings. The molecule has 1 atom stereocenters. The first kappa shape index (κ1) is 25.3. The minimum absolute atomic E-state index is 0.104. The highest BCUT2D eigenvalue weighted by molar-refractivity contribution is 5.94. The van der Waals surface area contributed by atoms with Crippen molar-refractivity contribution in [1.82, 2.24) is 19.9 Å². The predicted octanol–water partition coefficient (Wildman–Crippen LogP) is 6.10. The smallest absolute Gasteiger partial charge is 0.363 e. The summed E-state index contributed by atoms with van der Waals surface area (Å²) in [4.78, 5) is 30.7. The fourth-order valence-corrected chi connectivity index (χ4v) is 4.62. The van der Waals surface area contributed by atoms with Crippen molar-refractivity contribution in [2.45, 2.75) is 38.9 Å². The molecule has 0 saturated carbocycles. The number of aromatic nitrogens is 4. The Kier molecular flexibility index (Phi) is 6.55. The lowest BCUT2D eigenvalue weighted by molar-refractivity contribution is -0.385. The summed E-state index contributed by atoms with van der Waals surface area (Å²) in [5.74, 6) is 1.60. The lowest BCUT2D eigenvalue weighted by atomic mass is 10.0. The Balaban J connectivity index is 1.61. The van der Waals surface area contributed by atoms with Gasteiger partial charge in [0, 0.05) is 43.2 Å². The van der Waals surface area contributed by atoms with E-state index in [0.717, 1.165) is 55.0 Å². The van der Waals surface area contributed by atoms with Gasteiger partial charge in [0.1, 0.15) is 17.5 Å². The highest BCUT2D eigenvalue weighted by atomic mass is 19.4. The quantitative estimate of drug-likeness (QED) is 0.239. The van der Waals surface area contributed by atoms with Crippen LogP contribution in [0.2, 0.25) is 0 Å². The Morgan fingerprint density at radius 1 is 1.05 bits per heavy atom. The average molecular weight is 524 g/mol. The van der Waals surface area contributed by atoms with Crippen LogP contribution in [-0.2, 0) is 6.18 Å². The van der Waals surface area contributed by atoms with Gasteiger partial charge in [-0.05, 0) is 62.1 Å². The molecule has 3 aromatic heterocycles. The summed E-state index contributed by atoms with van der Waals surface area (Å²) in [5, 5.41) is 15.1. The van der Waals surface area contributed by atoms with E-state index in [4.69, 9.17) is 4.98 Å². The minimum Gasteiger partial charge on any atom is -0.363 e. The summed E-state index contributed by atoms with van der Waals surface area (Å²) in [6, 6.07) is 7.53. The number of non-ortho nitro benzene ring substituents is 1. The van der Waals surface area contributed by atoms with Gasteiger partial charge in [0.05, 0.1) is 21.9 Å². The van der Waals surface area contributed by atoms with Crippen molar-refractivity contribution >= 4 is 28.4 Å². The molecule has 1 aromatic carbocycles. The highest BCUT2D eigenvalue weighted by Crippen LogP contribution is 2.37. The maximum atomic E-state index is 13.5. The van der Waals surface area contributed by atoms with E-state index < -0.39 is 28.4 Å². The molecular weight excluding hydrogens is 499 g/mol. The van der Waals surface area contributed by atoms with Crippen LogP contribution in [0.1, 0.15) is 42.8 Å². The van der Waals surface area contributed by atoms with Gasteiger partial charge in [-0.15, -0.1) is 0 Å². The van der Waals surface area contributed by atoms with Gasteiger partial charge in [0.2, 0.25) is 0 Å². The summed E-state index contributed by atoms with van der Waals surface area (Å²) in [7, 11) is 0. The van der Waals surface area contributed by atoms with Crippen molar-refractivity contribution in [1.29, 1.82) is 0 Å². The molecule has 1 aliphatic heterocycles. The number of benzene rings is 1. The van der Waals surface area contributed by atoms with Crippen LogP contribution in [0, 0.1) is 17.0 Å². The highest BCUT2D eigenvalue weighted by Gasteiger charge is 2.33. The van der Waals surface area contributed by atoms with Gasteiger partial charge in [-0.2, -0.15) is 13.2 Å². The van der Waals surface area contributed by atoms with Gasteiger partial charge in [0.25, 0.3) is 5.69 Å². The Morgan fingerprint density at radius 2 is 1.76 bits per heavy atom. The van der Waals surface area contributed by atoms with Crippen LogP contribution in [0.25, 0.3) is 22.2 Å². The van der Waals surface area contributed by atoms with Crippen LogP contribution >= 0.6 is 0 Å². The Morgan fingerprint density at radius 3 is 2.42 bits per heavy atom. The molecule has 38 heavy (non-hydrogen) atoms. The van der Waals surface area contributed by atoms with Crippen LogP contribution in [-0.4, -0.2) is 37.9 Å². The first-order valence-corrected chi connectivity index (χ1v) is 12.1. The van der Waals surface area contributed by atoms with Gasteiger partial charge in [-0.25, -0.2) is 15.0 Å². The molecule has 1 aliphatic rings. The first-order valence-electron chi connectivity index (χ1n) is 12.1. The molecule has 4 heterocycles. The first-order chi connectivity index (χ1) is 18.1.